The summed E-state index contributed by atoms with van der Waals surface area (Å²) in [5.74, 6) is 0.861. The average Bonchev–Trinajstić information content (AvgIpc) is 3.19. The molecule has 3 rings (SSSR count). The van der Waals surface area contributed by atoms with Gasteiger partial charge in [-0.2, -0.15) is 5.26 Å². The maximum atomic E-state index is 12.4. The van der Waals surface area contributed by atoms with Crippen LogP contribution < -0.4 is 5.32 Å². The van der Waals surface area contributed by atoms with Crippen LogP contribution in [0.5, 0.6) is 0 Å². The highest BCUT2D eigenvalue weighted by Gasteiger charge is 2.38. The fraction of sp³-hybridized carbons (Fsp3) is 0.882. The van der Waals surface area contributed by atoms with E-state index in [-0.39, 0.29) is 5.91 Å². The lowest BCUT2D eigenvalue weighted by Gasteiger charge is -2.30. The number of hydrogen-bond acceptors (Lipinski definition) is 3. The van der Waals surface area contributed by atoms with Gasteiger partial charge in [0.05, 0.1) is 12.6 Å². The first-order chi connectivity index (χ1) is 10.2. The van der Waals surface area contributed by atoms with Crippen molar-refractivity contribution in [2.24, 2.45) is 5.92 Å². The number of hydrogen-bond donors (Lipinski definition) is 1. The quantitative estimate of drug-likeness (QED) is 0.865. The highest BCUT2D eigenvalue weighted by molar-refractivity contribution is 5.79. The molecule has 1 unspecified atom stereocenters. The first kappa shape index (κ1) is 14.8. The third kappa shape index (κ3) is 3.23. The molecule has 1 atom stereocenters. The van der Waals surface area contributed by atoms with Gasteiger partial charge >= 0.3 is 0 Å². The van der Waals surface area contributed by atoms with Gasteiger partial charge in [-0.15, -0.1) is 0 Å². The summed E-state index contributed by atoms with van der Waals surface area (Å²) in [5, 5.41) is 12.4. The van der Waals surface area contributed by atoms with Crippen LogP contribution in [-0.4, -0.2) is 35.5 Å². The number of likely N-dealkylation sites (tertiary alicyclic amines) is 1. The van der Waals surface area contributed by atoms with E-state index in [0.717, 1.165) is 38.1 Å². The molecule has 0 radical (unpaired) electrons. The number of nitriles is 1. The van der Waals surface area contributed by atoms with Gasteiger partial charge in [0.2, 0.25) is 5.91 Å². The molecule has 1 aliphatic heterocycles. The van der Waals surface area contributed by atoms with Crippen LogP contribution in [0, 0.1) is 17.2 Å². The van der Waals surface area contributed by atoms with Crippen LogP contribution in [0.25, 0.3) is 0 Å². The summed E-state index contributed by atoms with van der Waals surface area (Å²) in [5.41, 5.74) is -0.570. The number of carbonyl (C=O) groups excluding carboxylic acids is 1. The Morgan fingerprint density at radius 3 is 2.52 bits per heavy atom. The summed E-state index contributed by atoms with van der Waals surface area (Å²) >= 11 is 0. The van der Waals surface area contributed by atoms with Gasteiger partial charge in [0.1, 0.15) is 5.54 Å². The first-order valence-electron chi connectivity index (χ1n) is 8.69. The molecule has 0 aromatic carbocycles. The van der Waals surface area contributed by atoms with E-state index in [2.05, 4.69) is 16.3 Å². The van der Waals surface area contributed by atoms with Crippen molar-refractivity contribution in [2.45, 2.75) is 75.8 Å². The highest BCUT2D eigenvalue weighted by atomic mass is 16.2. The summed E-state index contributed by atoms with van der Waals surface area (Å²) in [6.07, 6.45) is 11.6. The molecule has 2 aliphatic carbocycles. The number of carbonyl (C=O) groups is 1. The van der Waals surface area contributed by atoms with Gasteiger partial charge in [0.15, 0.2) is 0 Å². The molecular weight excluding hydrogens is 262 g/mol. The van der Waals surface area contributed by atoms with Crippen LogP contribution in [0.1, 0.15) is 64.2 Å². The number of nitrogens with one attached hydrogen (secondary N) is 1. The Hall–Kier alpha value is -1.08. The Morgan fingerprint density at radius 1 is 1.14 bits per heavy atom. The summed E-state index contributed by atoms with van der Waals surface area (Å²) in [4.78, 5) is 14.8. The monoisotopic (exact) mass is 289 g/mol. The van der Waals surface area contributed by atoms with Crippen molar-refractivity contribution < 1.29 is 4.79 Å². The Bertz CT molecular complexity index is 416. The van der Waals surface area contributed by atoms with Crippen molar-refractivity contribution in [1.29, 1.82) is 5.26 Å². The zero-order valence-corrected chi connectivity index (χ0v) is 12.9. The molecule has 1 N–H and O–H groups in total. The fourth-order valence-corrected chi connectivity index (χ4v) is 4.66. The third-order valence-corrected chi connectivity index (χ3v) is 5.75. The second-order valence-electron chi connectivity index (χ2n) is 7.17. The fourth-order valence-electron chi connectivity index (χ4n) is 4.66. The SMILES string of the molecule is N#CC1(NC(=O)CN2CCCC2C2CCCC2)CCCC1. The third-order valence-electron chi connectivity index (χ3n) is 5.75. The number of rotatable bonds is 4. The van der Waals surface area contributed by atoms with Crippen molar-refractivity contribution in [2.75, 3.05) is 13.1 Å². The Labute approximate surface area is 127 Å². The molecule has 4 nitrogen and oxygen atoms in total. The zero-order chi connectivity index (χ0) is 14.7. The van der Waals surface area contributed by atoms with Gasteiger partial charge in [0, 0.05) is 6.04 Å². The zero-order valence-electron chi connectivity index (χ0n) is 12.9. The van der Waals surface area contributed by atoms with E-state index in [1.807, 2.05) is 0 Å². The van der Waals surface area contributed by atoms with Crippen molar-refractivity contribution in [3.8, 4) is 6.07 Å². The minimum atomic E-state index is -0.570. The molecule has 1 amide bonds. The normalized spacial score (nSPS) is 29.6. The van der Waals surface area contributed by atoms with E-state index < -0.39 is 5.54 Å². The van der Waals surface area contributed by atoms with Crippen molar-refractivity contribution >= 4 is 5.91 Å². The second-order valence-corrected chi connectivity index (χ2v) is 7.17. The van der Waals surface area contributed by atoms with Crippen molar-refractivity contribution in [3.05, 3.63) is 0 Å². The standard InChI is InChI=1S/C17H27N3O/c18-13-17(9-3-4-10-17)19-16(21)12-20-11-5-8-15(20)14-6-1-2-7-14/h14-15H,1-12H2,(H,19,21). The van der Waals surface area contributed by atoms with Gasteiger partial charge in [-0.3, -0.25) is 9.69 Å². The lowest BCUT2D eigenvalue weighted by atomic mass is 9.96. The number of amides is 1. The highest BCUT2D eigenvalue weighted by Crippen LogP contribution is 2.35. The van der Waals surface area contributed by atoms with Crippen LogP contribution in [-0.2, 0) is 4.79 Å². The van der Waals surface area contributed by atoms with E-state index in [9.17, 15) is 10.1 Å². The van der Waals surface area contributed by atoms with Gasteiger partial charge in [-0.25, -0.2) is 0 Å². The molecular formula is C17H27N3O. The summed E-state index contributed by atoms with van der Waals surface area (Å²) in [6.45, 7) is 1.54. The Kier molecular flexibility index (Phi) is 4.49. The van der Waals surface area contributed by atoms with Gasteiger partial charge in [0.25, 0.3) is 0 Å². The average molecular weight is 289 g/mol. The Morgan fingerprint density at radius 2 is 1.86 bits per heavy atom. The Balaban J connectivity index is 1.55. The van der Waals surface area contributed by atoms with E-state index in [1.165, 1.54) is 38.5 Å². The largest absolute Gasteiger partial charge is 0.337 e. The summed E-state index contributed by atoms with van der Waals surface area (Å²) in [7, 11) is 0. The molecule has 3 aliphatic rings. The predicted octanol–water partition coefficient (Wildman–Crippen LogP) is 2.59. The lowest BCUT2D eigenvalue weighted by molar-refractivity contribution is -0.124. The van der Waals surface area contributed by atoms with E-state index >= 15 is 0 Å². The van der Waals surface area contributed by atoms with Gasteiger partial charge < -0.3 is 5.32 Å². The molecule has 1 saturated heterocycles. The first-order valence-corrected chi connectivity index (χ1v) is 8.69. The lowest BCUT2D eigenvalue weighted by Crippen LogP contribution is -2.50. The molecule has 3 fully saturated rings. The van der Waals surface area contributed by atoms with E-state index in [0.29, 0.717) is 12.6 Å². The maximum Gasteiger partial charge on any atom is 0.235 e. The minimum Gasteiger partial charge on any atom is -0.337 e. The van der Waals surface area contributed by atoms with Crippen LogP contribution >= 0.6 is 0 Å². The van der Waals surface area contributed by atoms with Crippen molar-refractivity contribution in [1.82, 2.24) is 10.2 Å². The minimum absolute atomic E-state index is 0.0587. The van der Waals surface area contributed by atoms with E-state index in [4.69, 9.17) is 0 Å². The molecule has 2 saturated carbocycles. The molecule has 116 valence electrons. The smallest absolute Gasteiger partial charge is 0.235 e. The van der Waals surface area contributed by atoms with Crippen LogP contribution in [0.3, 0.4) is 0 Å². The van der Waals surface area contributed by atoms with E-state index in [1.54, 1.807) is 0 Å². The molecule has 1 heterocycles. The van der Waals surface area contributed by atoms with Gasteiger partial charge in [-0.1, -0.05) is 12.8 Å². The molecule has 4 heteroatoms. The molecule has 0 aromatic heterocycles. The number of nitrogens with zero attached hydrogens (tertiary/aromatic N) is 2. The maximum absolute atomic E-state index is 12.4. The molecule has 0 aromatic rings. The summed E-state index contributed by atoms with van der Waals surface area (Å²) < 4.78 is 0. The second kappa shape index (κ2) is 6.36. The van der Waals surface area contributed by atoms with Crippen LogP contribution in [0.2, 0.25) is 0 Å². The van der Waals surface area contributed by atoms with Crippen LogP contribution in [0.4, 0.5) is 0 Å². The van der Waals surface area contributed by atoms with Crippen molar-refractivity contribution in [3.63, 3.8) is 0 Å². The predicted molar refractivity (Wildman–Crippen MR) is 81.5 cm³/mol. The van der Waals surface area contributed by atoms with Gasteiger partial charge in [-0.05, 0) is 63.8 Å². The van der Waals surface area contributed by atoms with Crippen LogP contribution in [0.15, 0.2) is 0 Å². The molecule has 0 bridgehead atoms. The molecule has 21 heavy (non-hydrogen) atoms. The summed E-state index contributed by atoms with van der Waals surface area (Å²) in [6, 6.07) is 2.96. The topological polar surface area (TPSA) is 56.1 Å². The molecule has 0 spiro atoms.